The minimum absolute atomic E-state index is 0.101. The quantitative estimate of drug-likeness (QED) is 0.506. The van der Waals surface area contributed by atoms with E-state index in [1.165, 1.54) is 0 Å². The van der Waals surface area contributed by atoms with E-state index in [0.717, 1.165) is 22.3 Å². The zero-order chi connectivity index (χ0) is 24.2. The van der Waals surface area contributed by atoms with Crippen molar-refractivity contribution < 1.29 is 10.2 Å². The predicted octanol–water partition coefficient (Wildman–Crippen LogP) is 7.06. The van der Waals surface area contributed by atoms with Gasteiger partial charge >= 0.3 is 0 Å². The van der Waals surface area contributed by atoms with E-state index in [1.54, 1.807) is 0 Å². The lowest BCUT2D eigenvalue weighted by atomic mass is 9.76. The van der Waals surface area contributed by atoms with E-state index >= 15 is 0 Å². The molecule has 2 N–H and O–H groups in total. The maximum absolute atomic E-state index is 11.6. The minimum Gasteiger partial charge on any atom is -0.358 e. The molecule has 2 heteroatoms. The summed E-state index contributed by atoms with van der Waals surface area (Å²) in [4.78, 5) is 0. The second-order valence-corrected chi connectivity index (χ2v) is 13.3. The Kier molecular flexibility index (Phi) is 6.40. The fourth-order valence-corrected chi connectivity index (χ4v) is 3.56. The van der Waals surface area contributed by atoms with Crippen LogP contribution in [0.15, 0.2) is 36.4 Å². The van der Waals surface area contributed by atoms with Gasteiger partial charge in [0.2, 0.25) is 5.79 Å². The molecule has 0 amide bonds. The number of hydrogen-bond acceptors (Lipinski definition) is 2. The normalized spacial score (nSPS) is 14.1. The molecule has 2 aromatic rings. The van der Waals surface area contributed by atoms with Gasteiger partial charge in [0.15, 0.2) is 0 Å². The fourth-order valence-electron chi connectivity index (χ4n) is 3.56. The van der Waals surface area contributed by atoms with E-state index < -0.39 is 5.79 Å². The van der Waals surface area contributed by atoms with Gasteiger partial charge in [-0.1, -0.05) is 95.2 Å². The molecular weight excluding hydrogens is 380 g/mol. The van der Waals surface area contributed by atoms with Crippen LogP contribution in [0.1, 0.15) is 116 Å². The monoisotopic (exact) mass is 424 g/mol. The molecule has 0 spiro atoms. The first kappa shape index (κ1) is 25.6. The van der Waals surface area contributed by atoms with Crippen LogP contribution in [-0.2, 0) is 27.4 Å². The summed E-state index contributed by atoms with van der Waals surface area (Å²) in [6.07, 6.45) is 0. The molecule has 0 bridgehead atoms. The second kappa shape index (κ2) is 7.74. The number of aliphatic hydroxyl groups is 2. The second-order valence-electron chi connectivity index (χ2n) is 13.3. The van der Waals surface area contributed by atoms with Crippen LogP contribution >= 0.6 is 0 Å². The van der Waals surface area contributed by atoms with Crippen LogP contribution in [0.2, 0.25) is 0 Å². The maximum atomic E-state index is 11.6. The first-order valence-electron chi connectivity index (χ1n) is 11.4. The Labute approximate surface area is 190 Å². The van der Waals surface area contributed by atoms with Crippen molar-refractivity contribution in [3.8, 4) is 0 Å². The van der Waals surface area contributed by atoms with Crippen molar-refractivity contribution in [2.45, 2.75) is 111 Å². The highest BCUT2D eigenvalue weighted by Crippen LogP contribution is 2.38. The highest BCUT2D eigenvalue weighted by Gasteiger charge is 2.34. The van der Waals surface area contributed by atoms with Crippen LogP contribution in [0.4, 0.5) is 0 Å². The molecule has 0 saturated carbocycles. The highest BCUT2D eigenvalue weighted by atomic mass is 16.5. The standard InChI is InChI=1S/C29H44O2/c1-25(2,3)19-13-20(26(4,5)6)16-23(15-19)29(30,31)24-17-21(27(7,8)9)14-22(18-24)28(10,11)12/h13-18,30-31H,1-12H3. The van der Waals surface area contributed by atoms with Gasteiger partial charge in [-0.15, -0.1) is 0 Å². The molecule has 0 fully saturated rings. The molecule has 0 aliphatic rings. The minimum atomic E-state index is -2.08. The Hall–Kier alpha value is -1.64. The van der Waals surface area contributed by atoms with Gasteiger partial charge in [-0.05, 0) is 68.2 Å². The van der Waals surface area contributed by atoms with Gasteiger partial charge in [0, 0.05) is 11.1 Å². The number of rotatable bonds is 2. The van der Waals surface area contributed by atoms with Crippen LogP contribution < -0.4 is 0 Å². The summed E-state index contributed by atoms with van der Waals surface area (Å²) in [6, 6.07) is 12.2. The van der Waals surface area contributed by atoms with Crippen LogP contribution in [0.25, 0.3) is 0 Å². The van der Waals surface area contributed by atoms with Gasteiger partial charge < -0.3 is 10.2 Å². The van der Waals surface area contributed by atoms with E-state index in [2.05, 4.69) is 95.2 Å². The highest BCUT2D eigenvalue weighted by molar-refractivity contribution is 5.46. The third-order valence-electron chi connectivity index (χ3n) is 6.14. The molecule has 0 saturated heterocycles. The Morgan fingerprint density at radius 1 is 0.355 bits per heavy atom. The zero-order valence-corrected chi connectivity index (χ0v) is 21.9. The van der Waals surface area contributed by atoms with Crippen molar-refractivity contribution >= 4 is 0 Å². The van der Waals surface area contributed by atoms with Gasteiger partial charge in [-0.25, -0.2) is 0 Å². The molecule has 0 unspecified atom stereocenters. The van der Waals surface area contributed by atoms with Gasteiger partial charge in [-0.3, -0.25) is 0 Å². The Bertz CT molecular complexity index is 795. The summed E-state index contributed by atoms with van der Waals surface area (Å²) in [7, 11) is 0. The van der Waals surface area contributed by atoms with Gasteiger partial charge in [0.1, 0.15) is 0 Å². The van der Waals surface area contributed by atoms with E-state index in [-0.39, 0.29) is 21.7 Å². The van der Waals surface area contributed by atoms with Crippen LogP contribution in [0.3, 0.4) is 0 Å². The van der Waals surface area contributed by atoms with Crippen molar-refractivity contribution in [1.29, 1.82) is 0 Å². The Morgan fingerprint density at radius 2 is 0.516 bits per heavy atom. The average Bonchev–Trinajstić information content (AvgIpc) is 2.58. The molecule has 2 aromatic carbocycles. The third kappa shape index (κ3) is 5.79. The van der Waals surface area contributed by atoms with Gasteiger partial charge in [0.05, 0.1) is 0 Å². The van der Waals surface area contributed by atoms with E-state index in [1.807, 2.05) is 24.3 Å². The third-order valence-corrected chi connectivity index (χ3v) is 6.14. The molecule has 31 heavy (non-hydrogen) atoms. The van der Waals surface area contributed by atoms with Crippen molar-refractivity contribution in [3.63, 3.8) is 0 Å². The first-order valence-corrected chi connectivity index (χ1v) is 11.4. The summed E-state index contributed by atoms with van der Waals surface area (Å²) < 4.78 is 0. The summed E-state index contributed by atoms with van der Waals surface area (Å²) in [5.74, 6) is -2.08. The summed E-state index contributed by atoms with van der Waals surface area (Å²) >= 11 is 0. The van der Waals surface area contributed by atoms with Crippen molar-refractivity contribution in [3.05, 3.63) is 69.8 Å². The fraction of sp³-hybridized carbons (Fsp3) is 0.586. The van der Waals surface area contributed by atoms with E-state index in [4.69, 9.17) is 0 Å². The first-order chi connectivity index (χ1) is 13.6. The topological polar surface area (TPSA) is 40.5 Å². The lowest BCUT2D eigenvalue weighted by molar-refractivity contribution is -0.132. The van der Waals surface area contributed by atoms with Crippen molar-refractivity contribution in [1.82, 2.24) is 0 Å². The molecule has 0 aromatic heterocycles. The zero-order valence-electron chi connectivity index (χ0n) is 21.9. The van der Waals surface area contributed by atoms with Crippen LogP contribution in [-0.4, -0.2) is 10.2 Å². The SMILES string of the molecule is CC(C)(C)c1cc(C(C)(C)C)cc(C(O)(O)c2cc(C(C)(C)C)cc(C(C)(C)C)c2)c1. The Balaban J connectivity index is 2.83. The van der Waals surface area contributed by atoms with Crippen LogP contribution in [0.5, 0.6) is 0 Å². The number of hydrogen-bond donors (Lipinski definition) is 2. The lowest BCUT2D eigenvalue weighted by Gasteiger charge is -2.32. The molecule has 2 rings (SSSR count). The molecular formula is C29H44O2. The molecule has 0 atom stereocenters. The van der Waals surface area contributed by atoms with Gasteiger partial charge in [0.25, 0.3) is 0 Å². The molecule has 2 nitrogen and oxygen atoms in total. The summed E-state index contributed by atoms with van der Waals surface area (Å²) in [5, 5.41) is 23.1. The molecule has 0 heterocycles. The molecule has 0 aliphatic carbocycles. The smallest absolute Gasteiger partial charge is 0.217 e. The summed E-state index contributed by atoms with van der Waals surface area (Å²) in [6.45, 7) is 25.9. The largest absolute Gasteiger partial charge is 0.358 e. The van der Waals surface area contributed by atoms with Gasteiger partial charge in [-0.2, -0.15) is 0 Å². The van der Waals surface area contributed by atoms with E-state index in [0.29, 0.717) is 11.1 Å². The predicted molar refractivity (Wildman–Crippen MR) is 133 cm³/mol. The average molecular weight is 425 g/mol. The lowest BCUT2D eigenvalue weighted by Crippen LogP contribution is -2.30. The molecule has 0 radical (unpaired) electrons. The molecule has 0 aliphatic heterocycles. The van der Waals surface area contributed by atoms with Crippen molar-refractivity contribution in [2.24, 2.45) is 0 Å². The van der Waals surface area contributed by atoms with Crippen LogP contribution in [0, 0.1) is 0 Å². The van der Waals surface area contributed by atoms with Crippen molar-refractivity contribution in [2.75, 3.05) is 0 Å². The maximum Gasteiger partial charge on any atom is 0.217 e. The Morgan fingerprint density at radius 3 is 0.677 bits per heavy atom. The number of benzene rings is 2. The molecule has 172 valence electrons. The summed E-state index contributed by atoms with van der Waals surface area (Å²) in [5.41, 5.74) is 5.05. The van der Waals surface area contributed by atoms with E-state index in [9.17, 15) is 10.2 Å².